The summed E-state index contributed by atoms with van der Waals surface area (Å²) in [7, 11) is 0. The molecule has 2 aromatic heterocycles. The van der Waals surface area contributed by atoms with Gasteiger partial charge in [-0.05, 0) is 30.3 Å². The second-order valence-electron chi connectivity index (χ2n) is 5.74. The number of nitrogens with one attached hydrogen (secondary N) is 1. The van der Waals surface area contributed by atoms with Gasteiger partial charge in [0.25, 0.3) is 5.91 Å². The maximum Gasteiger partial charge on any atom is 0.262 e. The van der Waals surface area contributed by atoms with E-state index in [-0.39, 0.29) is 17.8 Å². The molecule has 8 nitrogen and oxygen atoms in total. The van der Waals surface area contributed by atoms with Crippen molar-refractivity contribution >= 4 is 29.1 Å². The summed E-state index contributed by atoms with van der Waals surface area (Å²) in [4.78, 5) is 16.1. The number of benzene rings is 1. The first kappa shape index (κ1) is 15.1. The zero-order valence-electron chi connectivity index (χ0n) is 13.4. The number of nitrogens with zero attached hydrogens (tertiary/aromatic N) is 5. The van der Waals surface area contributed by atoms with Crippen LogP contribution in [0.2, 0.25) is 0 Å². The van der Waals surface area contributed by atoms with Crippen LogP contribution in [-0.4, -0.2) is 38.1 Å². The first-order valence-electron chi connectivity index (χ1n) is 7.91. The Morgan fingerprint density at radius 1 is 1.27 bits per heavy atom. The lowest BCUT2D eigenvalue weighted by Crippen LogP contribution is -2.26. The number of thioether (sulfide) groups is 1. The third kappa shape index (κ3) is 2.53. The molecule has 1 amide bonds. The van der Waals surface area contributed by atoms with Crippen molar-refractivity contribution in [2.75, 3.05) is 11.9 Å². The van der Waals surface area contributed by atoms with E-state index in [0.717, 1.165) is 17.0 Å². The van der Waals surface area contributed by atoms with Crippen LogP contribution in [0.5, 0.6) is 5.75 Å². The number of rotatable bonds is 2. The number of aromatic nitrogens is 4. The third-order valence-corrected chi connectivity index (χ3v) is 5.23. The molecule has 2 aliphatic heterocycles. The van der Waals surface area contributed by atoms with Gasteiger partial charge in [0, 0.05) is 11.8 Å². The van der Waals surface area contributed by atoms with Crippen molar-refractivity contribution in [1.82, 2.24) is 19.9 Å². The van der Waals surface area contributed by atoms with Crippen molar-refractivity contribution in [3.8, 4) is 5.75 Å². The van der Waals surface area contributed by atoms with E-state index < -0.39 is 0 Å². The lowest BCUT2D eigenvalue weighted by atomic mass is 10.0. The van der Waals surface area contributed by atoms with Gasteiger partial charge in [-0.25, -0.2) is 0 Å². The zero-order chi connectivity index (χ0) is 17.5. The predicted octanol–water partition coefficient (Wildman–Crippen LogP) is 2.10. The maximum atomic E-state index is 11.6. The molecular formula is C17H12N6O2S. The van der Waals surface area contributed by atoms with Crippen LogP contribution >= 0.6 is 11.8 Å². The Labute approximate surface area is 152 Å². The number of hydrogen-bond acceptors (Lipinski definition) is 7. The monoisotopic (exact) mass is 364 g/mol. The number of carbonyl (C=O) groups excluding carboxylic acids is 1. The highest BCUT2D eigenvalue weighted by molar-refractivity contribution is 8.00. The van der Waals surface area contributed by atoms with Crippen LogP contribution in [0.15, 0.2) is 59.2 Å². The van der Waals surface area contributed by atoms with Crippen molar-refractivity contribution in [2.24, 2.45) is 5.10 Å². The van der Waals surface area contributed by atoms with Gasteiger partial charge in [-0.2, -0.15) is 9.78 Å². The maximum absolute atomic E-state index is 11.6. The summed E-state index contributed by atoms with van der Waals surface area (Å²) in [6.07, 6.45) is 3.33. The van der Waals surface area contributed by atoms with Crippen LogP contribution in [-0.2, 0) is 4.79 Å². The van der Waals surface area contributed by atoms with Crippen LogP contribution in [0, 0.1) is 0 Å². The number of amides is 1. The largest absolute Gasteiger partial charge is 0.482 e. The lowest BCUT2D eigenvalue weighted by Gasteiger charge is -2.24. The van der Waals surface area contributed by atoms with Crippen LogP contribution < -0.4 is 10.1 Å². The van der Waals surface area contributed by atoms with Crippen LogP contribution in [0.3, 0.4) is 0 Å². The van der Waals surface area contributed by atoms with E-state index in [1.165, 1.54) is 11.8 Å². The van der Waals surface area contributed by atoms with E-state index in [2.05, 4.69) is 20.5 Å². The van der Waals surface area contributed by atoms with Crippen molar-refractivity contribution in [3.05, 3.63) is 60.2 Å². The molecule has 5 rings (SSSR count). The first-order valence-corrected chi connectivity index (χ1v) is 8.79. The summed E-state index contributed by atoms with van der Waals surface area (Å²) in [5.41, 5.74) is 3.20. The standard InChI is InChI=1S/C17H12N6O2S/c24-14-8-25-13-5-4-10(7-12(13)20-14)15-16(11-3-1-2-6-18-11)26-17-21-19-9-23(17)22-15/h1-7,9,16H,8H2,(H,20,24). The molecule has 0 fully saturated rings. The van der Waals surface area contributed by atoms with E-state index >= 15 is 0 Å². The number of pyridine rings is 1. The average molecular weight is 364 g/mol. The highest BCUT2D eigenvalue weighted by Gasteiger charge is 2.30. The minimum Gasteiger partial charge on any atom is -0.482 e. The highest BCUT2D eigenvalue weighted by Crippen LogP contribution is 2.40. The average Bonchev–Trinajstić information content (AvgIpc) is 3.14. The summed E-state index contributed by atoms with van der Waals surface area (Å²) >= 11 is 1.54. The van der Waals surface area contributed by atoms with Crippen LogP contribution in [0.25, 0.3) is 0 Å². The molecule has 0 bridgehead atoms. The SMILES string of the molecule is O=C1COc2ccc(C3=Nn4cnnc4SC3c3ccccn3)cc2N1. The molecular weight excluding hydrogens is 352 g/mol. The summed E-state index contributed by atoms with van der Waals surface area (Å²) < 4.78 is 7.09. The fourth-order valence-electron chi connectivity index (χ4n) is 2.88. The van der Waals surface area contributed by atoms with Crippen LogP contribution in [0.4, 0.5) is 5.69 Å². The van der Waals surface area contributed by atoms with Gasteiger partial charge in [-0.1, -0.05) is 17.8 Å². The number of hydrogen-bond donors (Lipinski definition) is 1. The minimum absolute atomic E-state index is 0.0315. The van der Waals surface area contributed by atoms with Gasteiger partial charge in [0.2, 0.25) is 5.16 Å². The van der Waals surface area contributed by atoms with Gasteiger partial charge in [-0.15, -0.1) is 10.2 Å². The molecule has 1 aromatic carbocycles. The number of anilines is 1. The second kappa shape index (κ2) is 5.95. The van der Waals surface area contributed by atoms with Gasteiger partial charge in [-0.3, -0.25) is 9.78 Å². The molecule has 1 unspecified atom stereocenters. The molecule has 4 heterocycles. The molecule has 9 heteroatoms. The fraction of sp³-hybridized carbons (Fsp3) is 0.118. The normalized spacial score (nSPS) is 18.2. The van der Waals surface area contributed by atoms with E-state index in [0.29, 0.717) is 16.6 Å². The Balaban J connectivity index is 1.63. The second-order valence-corrected chi connectivity index (χ2v) is 6.82. The lowest BCUT2D eigenvalue weighted by molar-refractivity contribution is -0.118. The zero-order valence-corrected chi connectivity index (χ0v) is 14.2. The molecule has 1 N–H and O–H groups in total. The quantitative estimate of drug-likeness (QED) is 0.748. The summed E-state index contributed by atoms with van der Waals surface area (Å²) in [6.45, 7) is 0.0315. The van der Waals surface area contributed by atoms with Gasteiger partial charge < -0.3 is 10.1 Å². The molecule has 0 aliphatic carbocycles. The number of ether oxygens (including phenoxy) is 1. The molecule has 26 heavy (non-hydrogen) atoms. The minimum atomic E-state index is -0.169. The Morgan fingerprint density at radius 3 is 3.12 bits per heavy atom. The van der Waals surface area contributed by atoms with Gasteiger partial charge in [0.1, 0.15) is 12.1 Å². The van der Waals surface area contributed by atoms with Crippen molar-refractivity contribution in [1.29, 1.82) is 0 Å². The topological polar surface area (TPSA) is 94.3 Å². The predicted molar refractivity (Wildman–Crippen MR) is 95.4 cm³/mol. The molecule has 1 atom stereocenters. The molecule has 0 spiro atoms. The molecule has 2 aliphatic rings. The Morgan fingerprint density at radius 2 is 2.23 bits per heavy atom. The Bertz CT molecular complexity index is 1030. The van der Waals surface area contributed by atoms with Gasteiger partial charge in [0.15, 0.2) is 6.61 Å². The van der Waals surface area contributed by atoms with Gasteiger partial charge >= 0.3 is 0 Å². The summed E-state index contributed by atoms with van der Waals surface area (Å²) in [6, 6.07) is 11.4. The fourth-order valence-corrected chi connectivity index (χ4v) is 3.93. The number of carbonyl (C=O) groups is 1. The van der Waals surface area contributed by atoms with Crippen LogP contribution in [0.1, 0.15) is 16.5 Å². The first-order chi connectivity index (χ1) is 12.8. The van der Waals surface area contributed by atoms with Crippen molar-refractivity contribution in [2.45, 2.75) is 10.4 Å². The van der Waals surface area contributed by atoms with Crippen molar-refractivity contribution < 1.29 is 9.53 Å². The summed E-state index contributed by atoms with van der Waals surface area (Å²) in [5.74, 6) is 0.480. The highest BCUT2D eigenvalue weighted by atomic mass is 32.2. The molecule has 128 valence electrons. The van der Waals surface area contributed by atoms with E-state index in [1.807, 2.05) is 36.4 Å². The molecule has 3 aromatic rings. The molecule has 0 radical (unpaired) electrons. The Hall–Kier alpha value is -3.20. The number of fused-ring (bicyclic) bond motifs is 2. The smallest absolute Gasteiger partial charge is 0.262 e. The van der Waals surface area contributed by atoms with Crippen molar-refractivity contribution in [3.63, 3.8) is 0 Å². The Kier molecular flexibility index (Phi) is 3.45. The molecule has 0 saturated heterocycles. The van der Waals surface area contributed by atoms with E-state index in [4.69, 9.17) is 9.84 Å². The molecule has 0 saturated carbocycles. The van der Waals surface area contributed by atoms with E-state index in [1.54, 1.807) is 17.2 Å². The summed E-state index contributed by atoms with van der Waals surface area (Å²) in [5, 5.41) is 16.1. The van der Waals surface area contributed by atoms with E-state index in [9.17, 15) is 4.79 Å². The van der Waals surface area contributed by atoms with Gasteiger partial charge in [0.05, 0.1) is 22.3 Å². The third-order valence-electron chi connectivity index (χ3n) is 4.05.